The molecule has 21 heavy (non-hydrogen) atoms. The number of benzene rings is 1. The smallest absolute Gasteiger partial charge is 0.416 e. The highest BCUT2D eigenvalue weighted by molar-refractivity contribution is 5.87. The van der Waals surface area contributed by atoms with Crippen molar-refractivity contribution in [3.63, 3.8) is 0 Å². The van der Waals surface area contributed by atoms with E-state index in [-0.39, 0.29) is 23.6 Å². The van der Waals surface area contributed by atoms with Crippen molar-refractivity contribution in [1.82, 2.24) is 5.32 Å². The average molecular weight is 299 g/mol. The zero-order valence-electron chi connectivity index (χ0n) is 11.3. The molecule has 0 aliphatic heterocycles. The van der Waals surface area contributed by atoms with Crippen molar-refractivity contribution >= 4 is 5.91 Å². The minimum absolute atomic E-state index is 0.102. The summed E-state index contributed by atoms with van der Waals surface area (Å²) in [6.45, 7) is 3.72. The number of hydrogen-bond donors (Lipinski definition) is 1. The number of nitrogens with one attached hydrogen (secondary N) is 1. The lowest BCUT2D eigenvalue weighted by atomic mass is 9.81. The van der Waals surface area contributed by atoms with E-state index in [0.717, 1.165) is 25.0 Å². The van der Waals surface area contributed by atoms with Gasteiger partial charge in [0.15, 0.2) is 0 Å². The quantitative estimate of drug-likeness (QED) is 0.848. The van der Waals surface area contributed by atoms with E-state index >= 15 is 0 Å². The van der Waals surface area contributed by atoms with Crippen molar-refractivity contribution in [2.24, 2.45) is 5.92 Å². The summed E-state index contributed by atoms with van der Waals surface area (Å²) in [6, 6.07) is 4.94. The molecule has 1 amide bonds. The van der Waals surface area contributed by atoms with Gasteiger partial charge in [-0.3, -0.25) is 4.79 Å². The fraction of sp³-hybridized carbons (Fsp3) is 0.400. The molecule has 3 nitrogen and oxygen atoms in total. The summed E-state index contributed by atoms with van der Waals surface area (Å²) in [5.74, 6) is 0.246. The van der Waals surface area contributed by atoms with Gasteiger partial charge in [0, 0.05) is 6.04 Å². The van der Waals surface area contributed by atoms with Crippen molar-refractivity contribution in [2.45, 2.75) is 25.1 Å². The van der Waals surface area contributed by atoms with Crippen molar-refractivity contribution in [2.75, 3.05) is 6.61 Å². The number of halogens is 3. The second-order valence-electron chi connectivity index (χ2n) is 5.08. The Kier molecular flexibility index (Phi) is 4.55. The van der Waals surface area contributed by atoms with Crippen LogP contribution in [0.15, 0.2) is 36.9 Å². The van der Waals surface area contributed by atoms with Gasteiger partial charge in [-0.15, -0.1) is 0 Å². The van der Waals surface area contributed by atoms with Gasteiger partial charge in [-0.2, -0.15) is 13.2 Å². The first-order valence-electron chi connectivity index (χ1n) is 6.61. The maximum absolute atomic E-state index is 12.5. The predicted molar refractivity (Wildman–Crippen MR) is 71.8 cm³/mol. The summed E-state index contributed by atoms with van der Waals surface area (Å²) in [7, 11) is 0. The molecule has 0 spiro atoms. The van der Waals surface area contributed by atoms with Gasteiger partial charge in [-0.25, -0.2) is 0 Å². The van der Waals surface area contributed by atoms with Gasteiger partial charge in [-0.1, -0.05) is 12.6 Å². The van der Waals surface area contributed by atoms with Gasteiger partial charge in [0.2, 0.25) is 5.91 Å². The molecular formula is C15H16F3NO2. The maximum Gasteiger partial charge on any atom is 0.416 e. The minimum atomic E-state index is -4.37. The molecule has 0 unspecified atom stereocenters. The van der Waals surface area contributed by atoms with E-state index in [1.54, 1.807) is 0 Å². The van der Waals surface area contributed by atoms with Crippen LogP contribution in [-0.2, 0) is 11.0 Å². The number of ether oxygens (including phenoxy) is 1. The third-order valence-corrected chi connectivity index (χ3v) is 3.41. The van der Waals surface area contributed by atoms with E-state index in [1.807, 2.05) is 0 Å². The lowest BCUT2D eigenvalue weighted by Crippen LogP contribution is -2.45. The third-order valence-electron chi connectivity index (χ3n) is 3.41. The summed E-state index contributed by atoms with van der Waals surface area (Å²) >= 11 is 0. The normalized spacial score (nSPS) is 21.3. The van der Waals surface area contributed by atoms with Crippen LogP contribution in [0.1, 0.15) is 18.4 Å². The zero-order chi connectivity index (χ0) is 15.5. The van der Waals surface area contributed by atoms with Crippen molar-refractivity contribution < 1.29 is 22.7 Å². The van der Waals surface area contributed by atoms with Crippen LogP contribution in [0, 0.1) is 5.92 Å². The van der Waals surface area contributed by atoms with Gasteiger partial charge in [0.1, 0.15) is 5.75 Å². The standard InChI is InChI=1S/C15H16F3NO2/c1-2-14(20)19-12-6-10(7-12)9-21-13-5-3-4-11(8-13)15(16,17)18/h2-5,8,10,12H,1,6-7,9H2,(H,19,20). The predicted octanol–water partition coefficient (Wildman–Crippen LogP) is 3.17. The fourth-order valence-electron chi connectivity index (χ4n) is 2.23. The van der Waals surface area contributed by atoms with E-state index in [0.29, 0.717) is 6.61 Å². The van der Waals surface area contributed by atoms with E-state index < -0.39 is 11.7 Å². The average Bonchev–Trinajstić information content (AvgIpc) is 2.40. The zero-order valence-corrected chi connectivity index (χ0v) is 11.3. The Bertz CT molecular complexity index is 522. The molecule has 0 radical (unpaired) electrons. The number of carbonyl (C=O) groups excluding carboxylic acids is 1. The van der Waals surface area contributed by atoms with E-state index in [2.05, 4.69) is 11.9 Å². The molecule has 0 bridgehead atoms. The Morgan fingerprint density at radius 3 is 2.76 bits per heavy atom. The molecule has 1 aliphatic rings. The summed E-state index contributed by atoms with van der Waals surface area (Å²) in [5, 5.41) is 2.76. The minimum Gasteiger partial charge on any atom is -0.493 e. The lowest BCUT2D eigenvalue weighted by molar-refractivity contribution is -0.137. The second-order valence-corrected chi connectivity index (χ2v) is 5.08. The maximum atomic E-state index is 12.5. The first kappa shape index (κ1) is 15.4. The third kappa shape index (κ3) is 4.24. The highest BCUT2D eigenvalue weighted by Crippen LogP contribution is 2.32. The molecular weight excluding hydrogens is 283 g/mol. The van der Waals surface area contributed by atoms with Crippen LogP contribution in [0.5, 0.6) is 5.75 Å². The first-order chi connectivity index (χ1) is 9.88. The van der Waals surface area contributed by atoms with Crippen LogP contribution in [0.25, 0.3) is 0 Å². The molecule has 0 atom stereocenters. The number of rotatable bonds is 5. The van der Waals surface area contributed by atoms with Gasteiger partial charge >= 0.3 is 6.18 Å². The van der Waals surface area contributed by atoms with Crippen LogP contribution in [0.4, 0.5) is 13.2 Å². The summed E-state index contributed by atoms with van der Waals surface area (Å²) < 4.78 is 43.0. The van der Waals surface area contributed by atoms with E-state index in [9.17, 15) is 18.0 Å². The molecule has 114 valence electrons. The lowest BCUT2D eigenvalue weighted by Gasteiger charge is -2.35. The molecule has 2 rings (SSSR count). The van der Waals surface area contributed by atoms with Crippen molar-refractivity contribution in [3.8, 4) is 5.75 Å². The molecule has 6 heteroatoms. The molecule has 0 heterocycles. The van der Waals surface area contributed by atoms with E-state index in [4.69, 9.17) is 4.74 Å². The molecule has 1 N–H and O–H groups in total. The largest absolute Gasteiger partial charge is 0.493 e. The number of carbonyl (C=O) groups is 1. The highest BCUT2D eigenvalue weighted by Gasteiger charge is 2.32. The molecule has 1 fully saturated rings. The number of alkyl halides is 3. The molecule has 0 saturated heterocycles. The fourth-order valence-corrected chi connectivity index (χ4v) is 2.23. The molecule has 1 aliphatic carbocycles. The summed E-state index contributed by atoms with van der Waals surface area (Å²) in [5.41, 5.74) is -0.718. The van der Waals surface area contributed by atoms with Crippen LogP contribution in [-0.4, -0.2) is 18.6 Å². The molecule has 1 aromatic rings. The second kappa shape index (κ2) is 6.20. The Labute approximate surface area is 120 Å². The van der Waals surface area contributed by atoms with Crippen LogP contribution in [0.2, 0.25) is 0 Å². The van der Waals surface area contributed by atoms with Crippen molar-refractivity contribution in [3.05, 3.63) is 42.5 Å². The Hall–Kier alpha value is -1.98. The monoisotopic (exact) mass is 299 g/mol. The van der Waals surface area contributed by atoms with E-state index in [1.165, 1.54) is 18.2 Å². The van der Waals surface area contributed by atoms with Gasteiger partial charge in [0.25, 0.3) is 0 Å². The highest BCUT2D eigenvalue weighted by atomic mass is 19.4. The van der Waals surface area contributed by atoms with Gasteiger partial charge in [0.05, 0.1) is 12.2 Å². The Morgan fingerprint density at radius 1 is 1.43 bits per heavy atom. The van der Waals surface area contributed by atoms with Gasteiger partial charge < -0.3 is 10.1 Å². The first-order valence-corrected chi connectivity index (χ1v) is 6.61. The summed E-state index contributed by atoms with van der Waals surface area (Å²) in [6.07, 6.45) is -1.63. The Balaban J connectivity index is 1.78. The molecule has 0 aromatic heterocycles. The van der Waals surface area contributed by atoms with Crippen LogP contribution in [0.3, 0.4) is 0 Å². The number of amides is 1. The molecule has 1 aromatic carbocycles. The Morgan fingerprint density at radius 2 is 2.14 bits per heavy atom. The van der Waals surface area contributed by atoms with Crippen LogP contribution >= 0.6 is 0 Å². The van der Waals surface area contributed by atoms with Gasteiger partial charge in [-0.05, 0) is 43.0 Å². The topological polar surface area (TPSA) is 38.3 Å². The SMILES string of the molecule is C=CC(=O)NC1CC(COc2cccc(C(F)(F)F)c2)C1. The molecule has 1 saturated carbocycles. The van der Waals surface area contributed by atoms with Crippen molar-refractivity contribution in [1.29, 1.82) is 0 Å². The van der Waals surface area contributed by atoms with Crippen LogP contribution < -0.4 is 10.1 Å². The number of hydrogen-bond acceptors (Lipinski definition) is 2. The summed E-state index contributed by atoms with van der Waals surface area (Å²) in [4.78, 5) is 11.1.